The molecule has 0 aliphatic rings. The summed E-state index contributed by atoms with van der Waals surface area (Å²) in [5.74, 6) is 0. The number of benzene rings is 3. The van der Waals surface area contributed by atoms with Crippen molar-refractivity contribution in [1.82, 2.24) is 0 Å². The van der Waals surface area contributed by atoms with Gasteiger partial charge < -0.3 is 4.48 Å². The highest BCUT2D eigenvalue weighted by molar-refractivity contribution is 6.95. The molecule has 0 saturated carbocycles. The lowest BCUT2D eigenvalue weighted by molar-refractivity contribution is -0.929. The Bertz CT molecular complexity index is 986. The Morgan fingerprint density at radius 3 is 1.25 bits per heavy atom. The smallest absolute Gasteiger partial charge is 0.241 e. The van der Waals surface area contributed by atoms with Gasteiger partial charge in [0.05, 0.1) is 26.2 Å². The number of hydrogen-bond donors (Lipinski definition) is 0. The summed E-state index contributed by atoms with van der Waals surface area (Å²) in [5.41, 5.74) is 5.72. The average molecular weight is 597 g/mol. The molecule has 0 unspecified atom stereocenters. The molecular formula is C42H67BN+. The molecule has 0 fully saturated rings. The molecule has 0 N–H and O–H groups in total. The van der Waals surface area contributed by atoms with Crippen LogP contribution in [0.5, 0.6) is 0 Å². The van der Waals surface area contributed by atoms with Crippen molar-refractivity contribution in [1.29, 1.82) is 0 Å². The first-order valence-corrected chi connectivity index (χ1v) is 18.7. The SMILES string of the molecule is CCCCCCCCc1ccccc1B(c1ccccc1)c1ccccc1.CCCC[N+](CCCC)(CCCC)CCCC. The molecule has 2 heteroatoms. The Hall–Kier alpha value is -2.32. The van der Waals surface area contributed by atoms with E-state index in [1.54, 1.807) is 0 Å². The lowest BCUT2D eigenvalue weighted by Crippen LogP contribution is -2.53. The zero-order chi connectivity index (χ0) is 31.7. The highest BCUT2D eigenvalue weighted by Gasteiger charge is 2.25. The number of hydrogen-bond acceptors (Lipinski definition) is 0. The molecule has 0 atom stereocenters. The first-order chi connectivity index (χ1) is 21.6. The predicted molar refractivity (Wildman–Crippen MR) is 200 cm³/mol. The minimum absolute atomic E-state index is 0.309. The molecule has 0 saturated heterocycles. The Kier molecular flexibility index (Phi) is 20.6. The van der Waals surface area contributed by atoms with Gasteiger partial charge in [-0.15, -0.1) is 0 Å². The Morgan fingerprint density at radius 1 is 0.409 bits per heavy atom. The topological polar surface area (TPSA) is 0 Å². The van der Waals surface area contributed by atoms with Crippen molar-refractivity contribution < 1.29 is 4.48 Å². The van der Waals surface area contributed by atoms with Gasteiger partial charge in [-0.1, -0.05) is 199 Å². The molecule has 242 valence electrons. The van der Waals surface area contributed by atoms with E-state index in [0.717, 1.165) is 0 Å². The third-order valence-electron chi connectivity index (χ3n) is 9.38. The first kappa shape index (κ1) is 37.9. The predicted octanol–water partition coefficient (Wildman–Crippen LogP) is 10.1. The zero-order valence-electron chi connectivity index (χ0n) is 29.5. The van der Waals surface area contributed by atoms with Gasteiger partial charge in [0.25, 0.3) is 0 Å². The molecule has 0 heterocycles. The highest BCUT2D eigenvalue weighted by Crippen LogP contribution is 2.16. The van der Waals surface area contributed by atoms with Crippen LogP contribution in [0.2, 0.25) is 0 Å². The number of quaternary nitrogens is 1. The van der Waals surface area contributed by atoms with Crippen LogP contribution >= 0.6 is 0 Å². The van der Waals surface area contributed by atoms with Gasteiger partial charge in [-0.2, -0.15) is 0 Å². The molecule has 0 amide bonds. The van der Waals surface area contributed by atoms with Gasteiger partial charge in [-0.25, -0.2) is 0 Å². The number of nitrogens with zero attached hydrogens (tertiary/aromatic N) is 1. The molecule has 44 heavy (non-hydrogen) atoms. The van der Waals surface area contributed by atoms with Crippen molar-refractivity contribution in [2.24, 2.45) is 0 Å². The van der Waals surface area contributed by atoms with Crippen molar-refractivity contribution in [2.45, 2.75) is 131 Å². The van der Waals surface area contributed by atoms with Crippen LogP contribution in [0.25, 0.3) is 0 Å². The monoisotopic (exact) mass is 597 g/mol. The third kappa shape index (κ3) is 14.2. The molecule has 0 radical (unpaired) electrons. The van der Waals surface area contributed by atoms with Crippen LogP contribution in [0, 0.1) is 0 Å². The van der Waals surface area contributed by atoms with E-state index in [-0.39, 0.29) is 0 Å². The van der Waals surface area contributed by atoms with E-state index in [0.29, 0.717) is 6.71 Å². The molecule has 0 spiro atoms. The van der Waals surface area contributed by atoms with E-state index in [1.165, 1.54) is 149 Å². The van der Waals surface area contributed by atoms with E-state index in [4.69, 9.17) is 0 Å². The van der Waals surface area contributed by atoms with Crippen LogP contribution in [-0.4, -0.2) is 37.4 Å². The second-order valence-electron chi connectivity index (χ2n) is 13.1. The maximum atomic E-state index is 2.33. The first-order valence-electron chi connectivity index (χ1n) is 18.7. The number of rotatable bonds is 22. The van der Waals surface area contributed by atoms with Crippen LogP contribution in [0.4, 0.5) is 0 Å². The molecule has 3 rings (SSSR count). The van der Waals surface area contributed by atoms with Crippen LogP contribution in [0.3, 0.4) is 0 Å². The van der Waals surface area contributed by atoms with E-state index in [2.05, 4.69) is 120 Å². The standard InChI is InChI=1S/C26H31B.C16H36N/c1-2-3-4-5-6-9-16-23-17-14-15-22-26(23)27(24-18-10-7-11-19-24)25-20-12-8-13-21-25;1-5-9-13-17(14-10-6-2,15-11-7-3)16-12-8-4/h7-8,10-15,17-22H,2-6,9,16H2,1H3;5-16H2,1-4H3/q;+1. The molecule has 3 aromatic rings. The molecule has 3 aromatic carbocycles. The van der Waals surface area contributed by atoms with Crippen LogP contribution < -0.4 is 16.4 Å². The second kappa shape index (κ2) is 24.0. The maximum absolute atomic E-state index is 2.33. The minimum atomic E-state index is 0.309. The lowest BCUT2D eigenvalue weighted by Gasteiger charge is -2.39. The molecule has 1 nitrogen and oxygen atoms in total. The summed E-state index contributed by atoms with van der Waals surface area (Å²) >= 11 is 0. The second-order valence-corrected chi connectivity index (χ2v) is 13.1. The van der Waals surface area contributed by atoms with Crippen molar-refractivity contribution in [2.75, 3.05) is 26.2 Å². The molecule has 0 aromatic heterocycles. The largest absolute Gasteiger partial charge is 0.324 e. The highest BCUT2D eigenvalue weighted by atomic mass is 15.3. The van der Waals surface area contributed by atoms with E-state index in [9.17, 15) is 0 Å². The van der Waals surface area contributed by atoms with Crippen molar-refractivity contribution in [3.8, 4) is 0 Å². The van der Waals surface area contributed by atoms with Crippen molar-refractivity contribution >= 4 is 23.1 Å². The molecule has 0 aliphatic heterocycles. The van der Waals surface area contributed by atoms with E-state index < -0.39 is 0 Å². The maximum Gasteiger partial charge on any atom is 0.241 e. The van der Waals surface area contributed by atoms with Crippen molar-refractivity contribution in [3.05, 3.63) is 90.5 Å². The fraction of sp³-hybridized carbons (Fsp3) is 0.571. The van der Waals surface area contributed by atoms with Gasteiger partial charge in [0.15, 0.2) is 0 Å². The molecule has 0 bridgehead atoms. The van der Waals surface area contributed by atoms with E-state index in [1.807, 2.05) is 0 Å². The van der Waals surface area contributed by atoms with Crippen LogP contribution in [0.1, 0.15) is 130 Å². The Morgan fingerprint density at radius 2 is 0.795 bits per heavy atom. The average Bonchev–Trinajstić information content (AvgIpc) is 3.08. The minimum Gasteiger partial charge on any atom is -0.324 e. The fourth-order valence-electron chi connectivity index (χ4n) is 6.63. The van der Waals surface area contributed by atoms with Crippen LogP contribution in [-0.2, 0) is 6.42 Å². The van der Waals surface area contributed by atoms with Gasteiger partial charge in [-0.05, 0) is 38.5 Å². The van der Waals surface area contributed by atoms with Gasteiger partial charge in [-0.3, -0.25) is 0 Å². The summed E-state index contributed by atoms with van der Waals surface area (Å²) in [6.45, 7) is 17.6. The van der Waals surface area contributed by atoms with Crippen molar-refractivity contribution in [3.63, 3.8) is 0 Å². The van der Waals surface area contributed by atoms with E-state index >= 15 is 0 Å². The molecular weight excluding hydrogens is 529 g/mol. The Labute approximate surface area is 274 Å². The summed E-state index contributed by atoms with van der Waals surface area (Å²) in [7, 11) is 0. The summed E-state index contributed by atoms with van der Waals surface area (Å²) in [6.07, 6.45) is 20.3. The molecule has 0 aliphatic carbocycles. The number of aryl methyl sites for hydroxylation is 1. The van der Waals surface area contributed by atoms with Gasteiger partial charge in [0.2, 0.25) is 6.71 Å². The zero-order valence-corrected chi connectivity index (χ0v) is 29.5. The Balaban J connectivity index is 0.000000345. The summed E-state index contributed by atoms with van der Waals surface area (Å²) in [5, 5.41) is 0. The lowest BCUT2D eigenvalue weighted by atomic mass is 9.36. The van der Waals surface area contributed by atoms with Gasteiger partial charge in [0.1, 0.15) is 0 Å². The summed E-state index contributed by atoms with van der Waals surface area (Å²) in [4.78, 5) is 0. The van der Waals surface area contributed by atoms with Gasteiger partial charge >= 0.3 is 0 Å². The number of unbranched alkanes of at least 4 members (excludes halogenated alkanes) is 9. The van der Waals surface area contributed by atoms with Crippen LogP contribution in [0.15, 0.2) is 84.9 Å². The summed E-state index contributed by atoms with van der Waals surface area (Å²) < 4.78 is 1.42. The quantitative estimate of drug-likeness (QED) is 0.0615. The fourth-order valence-corrected chi connectivity index (χ4v) is 6.63. The summed E-state index contributed by atoms with van der Waals surface area (Å²) in [6, 6.07) is 30.9. The van der Waals surface area contributed by atoms with Gasteiger partial charge in [0, 0.05) is 0 Å². The third-order valence-corrected chi connectivity index (χ3v) is 9.38. The normalized spacial score (nSPS) is 11.2.